The van der Waals surface area contributed by atoms with Gasteiger partial charge in [-0.1, -0.05) is 111 Å². The maximum atomic E-state index is 4.28. The molecule has 0 spiro atoms. The van der Waals surface area contributed by atoms with Crippen molar-refractivity contribution in [1.82, 2.24) is 40.8 Å². The van der Waals surface area contributed by atoms with Crippen molar-refractivity contribution < 1.29 is 0 Å². The first-order chi connectivity index (χ1) is 28.3. The van der Waals surface area contributed by atoms with Crippen LogP contribution in [0, 0.1) is 47.3 Å². The molecule has 0 fully saturated rings. The second-order valence-corrected chi connectivity index (χ2v) is 20.2. The van der Waals surface area contributed by atoms with Crippen molar-refractivity contribution in [3.63, 3.8) is 0 Å². The summed E-state index contributed by atoms with van der Waals surface area (Å²) in [5, 5.41) is 32.9. The first-order valence-corrected chi connectivity index (χ1v) is 23.5. The topological polar surface area (TPSA) is 103 Å². The van der Waals surface area contributed by atoms with Crippen LogP contribution in [0.1, 0.15) is 181 Å². The molecule has 336 valence electrons. The van der Waals surface area contributed by atoms with Crippen LogP contribution in [0.25, 0.3) is 0 Å². The molecule has 0 aromatic carbocycles. The Morgan fingerprint density at radius 3 is 0.783 bits per heavy atom. The van der Waals surface area contributed by atoms with Crippen LogP contribution in [0.3, 0.4) is 0 Å². The lowest BCUT2D eigenvalue weighted by Crippen LogP contribution is -2.04. The molecule has 0 saturated heterocycles. The molecule has 0 atom stereocenters. The molecule has 8 nitrogen and oxygen atoms in total. The molecule has 4 heterocycles. The summed E-state index contributed by atoms with van der Waals surface area (Å²) >= 11 is 0. The third-order valence-electron chi connectivity index (χ3n) is 9.79. The number of aromatic nitrogens is 8. The SMILES string of the molecule is CC(C)CCc1ccc(CCC(C)C)nn1.CC(C)CCc1cnncc1CCC(C)C.CC(C)Cc1ccc(CC(C)C)nn1.CC(C)Cc1cnncc1CC(C)C. The minimum Gasteiger partial charge on any atom is -0.159 e. The van der Waals surface area contributed by atoms with E-state index < -0.39 is 0 Å². The van der Waals surface area contributed by atoms with Crippen molar-refractivity contribution >= 4 is 0 Å². The molecule has 4 rings (SSSR count). The second-order valence-electron chi connectivity index (χ2n) is 20.2. The summed E-state index contributed by atoms with van der Waals surface area (Å²) < 4.78 is 0. The second kappa shape index (κ2) is 31.2. The van der Waals surface area contributed by atoms with Gasteiger partial charge in [0.15, 0.2) is 0 Å². The molecule has 0 bridgehead atoms. The predicted octanol–water partition coefficient (Wildman–Crippen LogP) is 13.1. The lowest BCUT2D eigenvalue weighted by molar-refractivity contribution is 0.568. The molecule has 0 aliphatic heterocycles. The first kappa shape index (κ1) is 54.3. The highest BCUT2D eigenvalue weighted by Crippen LogP contribution is 2.17. The van der Waals surface area contributed by atoms with E-state index in [-0.39, 0.29) is 0 Å². The molecule has 0 saturated carbocycles. The number of aryl methyl sites for hydroxylation is 4. The maximum absolute atomic E-state index is 4.28. The summed E-state index contributed by atoms with van der Waals surface area (Å²) in [5.41, 5.74) is 9.98. The van der Waals surface area contributed by atoms with Gasteiger partial charge in [-0.05, 0) is 171 Å². The van der Waals surface area contributed by atoms with Crippen LogP contribution in [0.5, 0.6) is 0 Å². The Morgan fingerprint density at radius 2 is 0.533 bits per heavy atom. The van der Waals surface area contributed by atoms with Crippen molar-refractivity contribution in [1.29, 1.82) is 0 Å². The monoisotopic (exact) mass is 825 g/mol. The number of nitrogens with zero attached hydrogens (tertiary/aromatic N) is 8. The predicted molar refractivity (Wildman–Crippen MR) is 255 cm³/mol. The van der Waals surface area contributed by atoms with E-state index in [1.54, 1.807) is 0 Å². The summed E-state index contributed by atoms with van der Waals surface area (Å²) in [7, 11) is 0. The summed E-state index contributed by atoms with van der Waals surface area (Å²) in [4.78, 5) is 0. The van der Waals surface area contributed by atoms with Crippen LogP contribution in [-0.2, 0) is 51.4 Å². The average molecular weight is 825 g/mol. The number of rotatable bonds is 20. The third-order valence-corrected chi connectivity index (χ3v) is 9.79. The van der Waals surface area contributed by atoms with E-state index in [1.165, 1.54) is 47.9 Å². The van der Waals surface area contributed by atoms with Crippen LogP contribution in [0.15, 0.2) is 49.1 Å². The lowest BCUT2D eigenvalue weighted by atomic mass is 9.95. The van der Waals surface area contributed by atoms with E-state index in [0.29, 0.717) is 23.7 Å². The molecule has 0 aliphatic carbocycles. The molecule has 0 unspecified atom stereocenters. The van der Waals surface area contributed by atoms with Gasteiger partial charge in [-0.25, -0.2) is 0 Å². The van der Waals surface area contributed by atoms with E-state index in [9.17, 15) is 0 Å². The van der Waals surface area contributed by atoms with E-state index in [2.05, 4.69) is 176 Å². The largest absolute Gasteiger partial charge is 0.159 e. The van der Waals surface area contributed by atoms with Gasteiger partial charge in [0, 0.05) is 0 Å². The van der Waals surface area contributed by atoms with Crippen LogP contribution in [-0.4, -0.2) is 40.8 Å². The fourth-order valence-electron chi connectivity index (χ4n) is 6.30. The Morgan fingerprint density at radius 1 is 0.283 bits per heavy atom. The number of hydrogen-bond acceptors (Lipinski definition) is 8. The molecule has 4 aromatic heterocycles. The molecule has 8 heteroatoms. The van der Waals surface area contributed by atoms with Gasteiger partial charge < -0.3 is 0 Å². The summed E-state index contributed by atoms with van der Waals surface area (Å²) in [5.74, 6) is 5.66. The fraction of sp³-hybridized carbons (Fsp3) is 0.692. The van der Waals surface area contributed by atoms with Crippen molar-refractivity contribution in [3.05, 3.63) is 94.1 Å². The van der Waals surface area contributed by atoms with Crippen molar-refractivity contribution in [2.24, 2.45) is 47.3 Å². The van der Waals surface area contributed by atoms with Crippen LogP contribution in [0.2, 0.25) is 0 Å². The van der Waals surface area contributed by atoms with Crippen molar-refractivity contribution in [3.8, 4) is 0 Å². The zero-order valence-electron chi connectivity index (χ0n) is 41.3. The third kappa shape index (κ3) is 28.0. The Bertz CT molecular complexity index is 1510. The van der Waals surface area contributed by atoms with Gasteiger partial charge in [0.2, 0.25) is 0 Å². The van der Waals surface area contributed by atoms with Crippen LogP contribution < -0.4 is 0 Å². The van der Waals surface area contributed by atoms with Gasteiger partial charge in [-0.2, -0.15) is 40.8 Å². The summed E-state index contributed by atoms with van der Waals surface area (Å²) in [6.45, 7) is 35.8. The van der Waals surface area contributed by atoms with Gasteiger partial charge in [0.05, 0.1) is 47.6 Å². The maximum Gasteiger partial charge on any atom is 0.0633 e. The summed E-state index contributed by atoms with van der Waals surface area (Å²) in [6, 6.07) is 8.46. The van der Waals surface area contributed by atoms with E-state index in [0.717, 1.165) is 97.8 Å². The molecular formula is C52H88N8. The Kier molecular flexibility index (Phi) is 28.3. The Balaban J connectivity index is 0.000000401. The van der Waals surface area contributed by atoms with E-state index in [4.69, 9.17) is 0 Å². The molecule has 0 aliphatic rings. The fourth-order valence-corrected chi connectivity index (χ4v) is 6.30. The molecular weight excluding hydrogens is 737 g/mol. The van der Waals surface area contributed by atoms with Gasteiger partial charge in [-0.3, -0.25) is 0 Å². The Labute approximate surface area is 368 Å². The van der Waals surface area contributed by atoms with E-state index in [1.807, 2.05) is 24.8 Å². The minimum atomic E-state index is 0.653. The van der Waals surface area contributed by atoms with Gasteiger partial charge >= 0.3 is 0 Å². The zero-order valence-corrected chi connectivity index (χ0v) is 41.3. The molecule has 0 radical (unpaired) electrons. The molecule has 4 aromatic rings. The normalized spacial score (nSPS) is 11.3. The highest BCUT2D eigenvalue weighted by Gasteiger charge is 2.08. The van der Waals surface area contributed by atoms with Crippen LogP contribution in [0.4, 0.5) is 0 Å². The van der Waals surface area contributed by atoms with Gasteiger partial charge in [0.1, 0.15) is 0 Å². The first-order valence-electron chi connectivity index (χ1n) is 23.5. The lowest BCUT2D eigenvalue weighted by Gasteiger charge is -2.11. The molecule has 0 N–H and O–H groups in total. The van der Waals surface area contributed by atoms with Gasteiger partial charge in [0.25, 0.3) is 0 Å². The molecule has 60 heavy (non-hydrogen) atoms. The smallest absolute Gasteiger partial charge is 0.0633 e. The minimum absolute atomic E-state index is 0.653. The molecule has 0 amide bonds. The van der Waals surface area contributed by atoms with E-state index >= 15 is 0 Å². The number of hydrogen-bond donors (Lipinski definition) is 0. The Hall–Kier alpha value is -3.68. The van der Waals surface area contributed by atoms with Crippen molar-refractivity contribution in [2.45, 2.75) is 188 Å². The standard InChI is InChI=1S/2C14H24N2.2C12H20N2/c1-11(2)5-7-13-9-15-16-10-14(13)8-6-12(3)4;1-11(2)5-7-13-9-10-14(16-15-13)8-6-12(3)4;1-9(2)5-11-7-13-14-8-12(11)6-10(3)4;1-9(2)7-11-5-6-12(14-13-11)8-10(3)4/h2*9-12H,5-8H2,1-4H3;7-10H,5-6H2,1-4H3;5-6,9-10H,7-8H2,1-4H3. The highest BCUT2D eigenvalue weighted by molar-refractivity contribution is 5.22. The average Bonchev–Trinajstić information content (AvgIpc) is 3.17. The van der Waals surface area contributed by atoms with Gasteiger partial charge in [-0.15, -0.1) is 0 Å². The van der Waals surface area contributed by atoms with Crippen LogP contribution >= 0.6 is 0 Å². The summed E-state index contributed by atoms with van der Waals surface area (Å²) in [6.07, 6.45) is 21.2. The zero-order chi connectivity index (χ0) is 45.0. The van der Waals surface area contributed by atoms with Crippen molar-refractivity contribution in [2.75, 3.05) is 0 Å². The quantitative estimate of drug-likeness (QED) is 0.0868. The highest BCUT2D eigenvalue weighted by atomic mass is 15.1.